The van der Waals surface area contributed by atoms with Crippen molar-refractivity contribution in [3.8, 4) is 0 Å². The van der Waals surface area contributed by atoms with Crippen molar-refractivity contribution in [2.75, 3.05) is 0 Å². The van der Waals surface area contributed by atoms with Gasteiger partial charge in [0.15, 0.2) is 0 Å². The Bertz CT molecular complexity index is 29.8. The molecule has 4 heteroatoms. The second-order valence-corrected chi connectivity index (χ2v) is 3.00. The largest absolute Gasteiger partial charge is 0.323 e. The molecule has 0 saturated heterocycles. The number of halogens is 3. The maximum Gasteiger partial charge on any atom is 0 e. The Kier molecular flexibility index (Phi) is 90.9. The third kappa shape index (κ3) is 447. The van der Waals surface area contributed by atoms with Gasteiger partial charge in [0, 0.05) is 25.8 Å². The molecule has 0 heterocycles. The first-order valence-electron chi connectivity index (χ1n) is 3.00. The molecule has 0 nitrogen and oxygen atoms in total. The van der Waals surface area contributed by atoms with Crippen LogP contribution in [0.2, 0.25) is 0 Å². The fraction of sp³-hybridized carbons (Fsp3) is 0.750. The molecule has 0 aliphatic heterocycles. The predicted octanol–water partition coefficient (Wildman–Crippen LogP) is 4.50. The molecule has 80 valence electrons. The fourth-order valence-electron chi connectivity index (χ4n) is 0. The van der Waals surface area contributed by atoms with Gasteiger partial charge in [0.25, 0.3) is 0 Å². The minimum atomic E-state index is 0. The minimum absolute atomic E-state index is 0. The minimum Gasteiger partial charge on any atom is -0.323 e. The van der Waals surface area contributed by atoms with Gasteiger partial charge >= 0.3 is 0 Å². The molecule has 0 fully saturated rings. The van der Waals surface area contributed by atoms with Crippen LogP contribution >= 0.6 is 37.2 Å². The summed E-state index contributed by atoms with van der Waals surface area (Å²) in [6.45, 7) is 12.5. The third-order valence-corrected chi connectivity index (χ3v) is 0. The van der Waals surface area contributed by atoms with Gasteiger partial charge in [-0.2, -0.15) is 41.5 Å². The van der Waals surface area contributed by atoms with E-state index in [1.165, 1.54) is 11.8 Å². The first-order valence-corrected chi connectivity index (χ1v) is 3.00. The van der Waals surface area contributed by atoms with E-state index in [0.717, 1.165) is 0 Å². The maximum absolute atomic E-state index is 2.08. The van der Waals surface area contributed by atoms with Gasteiger partial charge in [0.05, 0.1) is 0 Å². The summed E-state index contributed by atoms with van der Waals surface area (Å²) in [5.41, 5.74) is 0. The Morgan fingerprint density at radius 3 is 0.500 bits per heavy atom. The molecule has 0 saturated carbocycles. The Hall–Kier alpha value is 1.74. The maximum atomic E-state index is 2.08. The van der Waals surface area contributed by atoms with Crippen molar-refractivity contribution in [1.29, 1.82) is 0 Å². The molecule has 0 radical (unpaired) electrons. The first-order chi connectivity index (χ1) is 3.46. The Labute approximate surface area is 116 Å². The zero-order valence-corrected chi connectivity index (χ0v) is 14.8. The molecule has 0 aromatic carbocycles. The van der Waals surface area contributed by atoms with E-state index in [2.05, 4.69) is 41.5 Å². The van der Waals surface area contributed by atoms with E-state index in [1.807, 2.05) is 0 Å². The zero-order valence-electron chi connectivity index (χ0n) is 8.72. The number of rotatable bonds is 0. The van der Waals surface area contributed by atoms with Gasteiger partial charge in [-0.3, -0.25) is 0 Å². The Balaban J connectivity index is -0.0000000112. The number of hydrogen-bond donors (Lipinski definition) is 0. The molecular weight excluding hydrogens is 381 g/mol. The molecular formula is C8H21Cl3Hf-2. The molecule has 12 heavy (non-hydrogen) atoms. The van der Waals surface area contributed by atoms with Crippen LogP contribution in [0.15, 0.2) is 0 Å². The topological polar surface area (TPSA) is 0 Å². The Morgan fingerprint density at radius 2 is 0.500 bits per heavy atom. The van der Waals surface area contributed by atoms with Crippen molar-refractivity contribution >= 4 is 37.2 Å². The van der Waals surface area contributed by atoms with Gasteiger partial charge in [-0.15, -0.1) is 37.2 Å². The van der Waals surface area contributed by atoms with E-state index < -0.39 is 0 Å². The summed E-state index contributed by atoms with van der Waals surface area (Å²) in [6.07, 6.45) is 0. The second kappa shape index (κ2) is 29.3. The van der Waals surface area contributed by atoms with Crippen molar-refractivity contribution in [2.45, 2.75) is 41.5 Å². The van der Waals surface area contributed by atoms with Crippen LogP contribution < -0.4 is 0 Å². The van der Waals surface area contributed by atoms with Crippen molar-refractivity contribution in [2.24, 2.45) is 0 Å². The normalized spacial score (nSPS) is 6.00. The molecule has 0 N–H and O–H groups in total. The van der Waals surface area contributed by atoms with Gasteiger partial charge < -0.3 is 11.8 Å². The molecule has 0 spiro atoms. The van der Waals surface area contributed by atoms with Crippen molar-refractivity contribution in [1.82, 2.24) is 0 Å². The fourth-order valence-corrected chi connectivity index (χ4v) is 0. The van der Waals surface area contributed by atoms with Crippen molar-refractivity contribution in [3.05, 3.63) is 11.8 Å². The first kappa shape index (κ1) is 37.2. The van der Waals surface area contributed by atoms with Gasteiger partial charge in [-0.1, -0.05) is 0 Å². The predicted molar refractivity (Wildman–Crippen MR) is 62.3 cm³/mol. The smallest absolute Gasteiger partial charge is 0 e. The summed E-state index contributed by atoms with van der Waals surface area (Å²) in [6, 6.07) is 0. The van der Waals surface area contributed by atoms with Crippen LogP contribution in [-0.2, 0) is 25.8 Å². The summed E-state index contributed by atoms with van der Waals surface area (Å²) in [7, 11) is 0. The average molecular weight is 402 g/mol. The summed E-state index contributed by atoms with van der Waals surface area (Å²) in [4.78, 5) is 0. The van der Waals surface area contributed by atoms with Gasteiger partial charge in [-0.05, 0) is 0 Å². The van der Waals surface area contributed by atoms with Gasteiger partial charge in [0.1, 0.15) is 0 Å². The average Bonchev–Trinajstić information content (AvgIpc) is 1.25. The molecule has 0 aromatic rings. The van der Waals surface area contributed by atoms with E-state index in [0.29, 0.717) is 0 Å². The molecule has 0 atom stereocenters. The quantitative estimate of drug-likeness (QED) is 0.414. The zero-order chi connectivity index (χ0) is 7.15. The molecule has 0 rings (SSSR count). The summed E-state index contributed by atoms with van der Waals surface area (Å²) in [5, 5.41) is 0. The Morgan fingerprint density at radius 1 is 0.500 bits per heavy atom. The van der Waals surface area contributed by atoms with E-state index >= 15 is 0 Å². The van der Waals surface area contributed by atoms with Crippen molar-refractivity contribution in [3.63, 3.8) is 0 Å². The van der Waals surface area contributed by atoms with Crippen LogP contribution in [0.5, 0.6) is 0 Å². The van der Waals surface area contributed by atoms with Crippen LogP contribution in [0, 0.1) is 11.8 Å². The van der Waals surface area contributed by atoms with Crippen LogP contribution in [0.25, 0.3) is 0 Å². The summed E-state index contributed by atoms with van der Waals surface area (Å²) < 4.78 is 0. The van der Waals surface area contributed by atoms with E-state index in [1.54, 1.807) is 0 Å². The monoisotopic (exact) mass is 402 g/mol. The molecule has 0 amide bonds. The number of hydrogen-bond acceptors (Lipinski definition) is 0. The van der Waals surface area contributed by atoms with E-state index in [4.69, 9.17) is 0 Å². The summed E-state index contributed by atoms with van der Waals surface area (Å²) >= 11 is 0. The van der Waals surface area contributed by atoms with Crippen LogP contribution in [-0.4, -0.2) is 0 Å². The summed E-state index contributed by atoms with van der Waals surface area (Å²) in [5.74, 6) is 2.83. The SMILES string of the molecule is C[C-](C)C.C[C-](C)C.Cl.Cl.Cl.[Hf]. The van der Waals surface area contributed by atoms with Crippen LogP contribution in [0.4, 0.5) is 0 Å². The van der Waals surface area contributed by atoms with Crippen LogP contribution in [0.3, 0.4) is 0 Å². The molecule has 0 aromatic heterocycles. The molecule has 0 aliphatic rings. The van der Waals surface area contributed by atoms with Gasteiger partial charge in [0.2, 0.25) is 0 Å². The van der Waals surface area contributed by atoms with Crippen LogP contribution in [0.1, 0.15) is 41.5 Å². The van der Waals surface area contributed by atoms with Gasteiger partial charge in [-0.25, -0.2) is 0 Å². The standard InChI is InChI=1S/2C4H9.3ClH.Hf/c2*1-4(2)3;;;;/h2*1-3H3;3*1H;/q2*-1;;;;. The molecule has 0 unspecified atom stereocenters. The van der Waals surface area contributed by atoms with E-state index in [9.17, 15) is 0 Å². The third-order valence-electron chi connectivity index (χ3n) is 0. The van der Waals surface area contributed by atoms with Crippen molar-refractivity contribution < 1.29 is 25.8 Å². The molecule has 0 aliphatic carbocycles. The second-order valence-electron chi connectivity index (χ2n) is 3.00. The molecule has 0 bridgehead atoms. The van der Waals surface area contributed by atoms with E-state index in [-0.39, 0.29) is 63.1 Å².